The van der Waals surface area contributed by atoms with Gasteiger partial charge in [-0.3, -0.25) is 9.59 Å². The van der Waals surface area contributed by atoms with Crippen LogP contribution in [0, 0.1) is 0 Å². The Bertz CT molecular complexity index is 1220. The minimum atomic E-state index is -0.779. The van der Waals surface area contributed by atoms with E-state index in [-0.39, 0.29) is 11.1 Å². The molecule has 2 aromatic heterocycles. The molecule has 0 aliphatic carbocycles. The van der Waals surface area contributed by atoms with Crippen molar-refractivity contribution in [3.05, 3.63) is 89.4 Å². The fraction of sp³-hybridized carbons (Fsp3) is 0. The average Bonchev–Trinajstić information content (AvgIpc) is 2.60. The van der Waals surface area contributed by atoms with Crippen molar-refractivity contribution in [3.63, 3.8) is 0 Å². The Balaban J connectivity index is 1.92. The number of pyridine rings is 1. The molecule has 128 valence electrons. The number of hydrogen-bond acceptors (Lipinski definition) is 4. The SMILES string of the molecule is O=C(c1cc2cc(Br)ccc2[nH]c1=O)c1cc2cc(Br)ccc2oc1=O. The van der Waals surface area contributed by atoms with Crippen LogP contribution in [-0.4, -0.2) is 10.8 Å². The van der Waals surface area contributed by atoms with Crippen molar-refractivity contribution in [3.8, 4) is 0 Å². The highest BCUT2D eigenvalue weighted by Crippen LogP contribution is 2.21. The van der Waals surface area contributed by atoms with Gasteiger partial charge in [0.25, 0.3) is 5.56 Å². The molecule has 26 heavy (non-hydrogen) atoms. The van der Waals surface area contributed by atoms with Gasteiger partial charge in [-0.1, -0.05) is 31.9 Å². The van der Waals surface area contributed by atoms with E-state index >= 15 is 0 Å². The van der Waals surface area contributed by atoms with Gasteiger partial charge < -0.3 is 9.40 Å². The normalized spacial score (nSPS) is 11.2. The van der Waals surface area contributed by atoms with E-state index in [2.05, 4.69) is 36.8 Å². The maximum absolute atomic E-state index is 12.8. The van der Waals surface area contributed by atoms with Crippen molar-refractivity contribution >= 4 is 59.5 Å². The number of aromatic amines is 1. The zero-order valence-electron chi connectivity index (χ0n) is 13.0. The number of benzene rings is 2. The fourth-order valence-electron chi connectivity index (χ4n) is 2.74. The summed E-state index contributed by atoms with van der Waals surface area (Å²) in [6.45, 7) is 0. The highest BCUT2D eigenvalue weighted by molar-refractivity contribution is 9.10. The second-order valence-electron chi connectivity index (χ2n) is 5.70. The number of halogens is 2. The van der Waals surface area contributed by atoms with Gasteiger partial charge in [-0.2, -0.15) is 0 Å². The highest BCUT2D eigenvalue weighted by atomic mass is 79.9. The van der Waals surface area contributed by atoms with Crippen LogP contribution in [0.4, 0.5) is 0 Å². The van der Waals surface area contributed by atoms with Crippen LogP contribution in [-0.2, 0) is 0 Å². The summed E-state index contributed by atoms with van der Waals surface area (Å²) in [5, 5.41) is 1.26. The molecule has 4 aromatic rings. The maximum Gasteiger partial charge on any atom is 0.347 e. The van der Waals surface area contributed by atoms with Crippen LogP contribution < -0.4 is 11.2 Å². The number of H-pyrrole nitrogens is 1. The third kappa shape index (κ3) is 2.93. The Morgan fingerprint density at radius 2 is 1.50 bits per heavy atom. The van der Waals surface area contributed by atoms with Crippen molar-refractivity contribution in [1.29, 1.82) is 0 Å². The number of ketones is 1. The lowest BCUT2D eigenvalue weighted by molar-refractivity contribution is 0.103. The maximum atomic E-state index is 12.8. The minimum absolute atomic E-state index is 0.114. The van der Waals surface area contributed by atoms with Crippen molar-refractivity contribution < 1.29 is 9.21 Å². The molecule has 0 aliphatic rings. The molecule has 0 aliphatic heterocycles. The molecule has 1 N–H and O–H groups in total. The zero-order chi connectivity index (χ0) is 18.4. The minimum Gasteiger partial charge on any atom is -0.422 e. The molecule has 0 atom stereocenters. The largest absolute Gasteiger partial charge is 0.422 e. The van der Waals surface area contributed by atoms with Crippen LogP contribution in [0.3, 0.4) is 0 Å². The first kappa shape index (κ1) is 16.9. The van der Waals surface area contributed by atoms with Gasteiger partial charge in [0, 0.05) is 25.2 Å². The molecule has 0 radical (unpaired) electrons. The van der Waals surface area contributed by atoms with Gasteiger partial charge in [-0.05, 0) is 48.5 Å². The summed E-state index contributed by atoms with van der Waals surface area (Å²) in [5.41, 5.74) is -0.667. The molecule has 4 rings (SSSR count). The lowest BCUT2D eigenvalue weighted by Crippen LogP contribution is -2.22. The molecule has 0 amide bonds. The van der Waals surface area contributed by atoms with Crippen LogP contribution in [0.25, 0.3) is 21.9 Å². The number of carbonyl (C=O) groups is 1. The molecule has 5 nitrogen and oxygen atoms in total. The summed E-state index contributed by atoms with van der Waals surface area (Å²) in [5.74, 6) is -0.677. The van der Waals surface area contributed by atoms with E-state index in [4.69, 9.17) is 4.42 Å². The molecule has 0 saturated heterocycles. The van der Waals surface area contributed by atoms with E-state index in [9.17, 15) is 14.4 Å². The number of hydrogen-bond donors (Lipinski definition) is 1. The van der Waals surface area contributed by atoms with Crippen LogP contribution in [0.1, 0.15) is 15.9 Å². The predicted molar refractivity (Wildman–Crippen MR) is 106 cm³/mol. The van der Waals surface area contributed by atoms with Crippen molar-refractivity contribution in [2.24, 2.45) is 0 Å². The van der Waals surface area contributed by atoms with E-state index in [0.717, 1.165) is 8.95 Å². The number of rotatable bonds is 2. The predicted octanol–water partition coefficient (Wildman–Crippen LogP) is 4.39. The standard InChI is InChI=1S/C19H9Br2NO4/c20-11-1-3-15-9(5-11)7-13(18(24)22-15)17(23)14-8-10-6-12(21)2-4-16(10)26-19(14)25/h1-8H,(H,22,24). The molecule has 2 aromatic carbocycles. The lowest BCUT2D eigenvalue weighted by Gasteiger charge is -2.04. The molecule has 0 fully saturated rings. The summed E-state index contributed by atoms with van der Waals surface area (Å²) in [6, 6.07) is 13.3. The van der Waals surface area contributed by atoms with Gasteiger partial charge >= 0.3 is 5.63 Å². The summed E-state index contributed by atoms with van der Waals surface area (Å²) >= 11 is 6.70. The van der Waals surface area contributed by atoms with Gasteiger partial charge in [0.1, 0.15) is 11.1 Å². The van der Waals surface area contributed by atoms with Crippen molar-refractivity contribution in [1.82, 2.24) is 4.98 Å². The highest BCUT2D eigenvalue weighted by Gasteiger charge is 2.19. The summed E-state index contributed by atoms with van der Waals surface area (Å²) in [7, 11) is 0. The second kappa shape index (κ2) is 6.34. The number of nitrogens with one attached hydrogen (secondary N) is 1. The summed E-state index contributed by atoms with van der Waals surface area (Å²) in [6.07, 6.45) is 0. The van der Waals surface area contributed by atoms with Crippen LogP contribution >= 0.6 is 31.9 Å². The average molecular weight is 475 g/mol. The Hall–Kier alpha value is -2.51. The van der Waals surface area contributed by atoms with E-state index in [1.807, 2.05) is 0 Å². The van der Waals surface area contributed by atoms with E-state index in [1.165, 1.54) is 12.1 Å². The van der Waals surface area contributed by atoms with Crippen LogP contribution in [0.5, 0.6) is 0 Å². The number of fused-ring (bicyclic) bond motifs is 2. The third-order valence-electron chi connectivity index (χ3n) is 3.99. The van der Waals surface area contributed by atoms with Crippen molar-refractivity contribution in [2.75, 3.05) is 0 Å². The molecular formula is C19H9Br2NO4. The summed E-state index contributed by atoms with van der Waals surface area (Å²) < 4.78 is 6.81. The number of carbonyl (C=O) groups excluding carboxylic acids is 1. The Kier molecular flexibility index (Phi) is 4.13. The smallest absolute Gasteiger partial charge is 0.347 e. The van der Waals surface area contributed by atoms with Gasteiger partial charge in [-0.25, -0.2) is 4.79 Å². The Labute approximate surface area is 162 Å². The topological polar surface area (TPSA) is 80.1 Å². The van der Waals surface area contributed by atoms with E-state index in [0.29, 0.717) is 21.9 Å². The van der Waals surface area contributed by atoms with Gasteiger partial charge in [0.05, 0.1) is 5.56 Å². The zero-order valence-corrected chi connectivity index (χ0v) is 16.2. The molecule has 0 saturated carbocycles. The molecule has 0 unspecified atom stereocenters. The van der Waals surface area contributed by atoms with Gasteiger partial charge in [0.2, 0.25) is 5.78 Å². The Morgan fingerprint density at radius 3 is 2.27 bits per heavy atom. The summed E-state index contributed by atoms with van der Waals surface area (Å²) in [4.78, 5) is 40.1. The first-order chi connectivity index (χ1) is 12.4. The quantitative estimate of drug-likeness (QED) is 0.345. The number of aromatic nitrogens is 1. The first-order valence-electron chi connectivity index (χ1n) is 7.53. The Morgan fingerprint density at radius 1 is 0.846 bits per heavy atom. The van der Waals surface area contributed by atoms with Crippen LogP contribution in [0.2, 0.25) is 0 Å². The monoisotopic (exact) mass is 473 g/mol. The molecule has 7 heteroatoms. The molecular weight excluding hydrogens is 466 g/mol. The van der Waals surface area contributed by atoms with Gasteiger partial charge in [0.15, 0.2) is 0 Å². The van der Waals surface area contributed by atoms with Crippen molar-refractivity contribution in [2.45, 2.75) is 0 Å². The third-order valence-corrected chi connectivity index (χ3v) is 4.98. The van der Waals surface area contributed by atoms with E-state index in [1.54, 1.807) is 36.4 Å². The lowest BCUT2D eigenvalue weighted by atomic mass is 10.0. The molecule has 2 heterocycles. The fourth-order valence-corrected chi connectivity index (χ4v) is 3.50. The van der Waals surface area contributed by atoms with E-state index < -0.39 is 17.0 Å². The second-order valence-corrected chi connectivity index (χ2v) is 7.53. The van der Waals surface area contributed by atoms with Crippen LogP contribution in [0.15, 0.2) is 71.5 Å². The molecule has 0 bridgehead atoms. The first-order valence-corrected chi connectivity index (χ1v) is 9.12. The van der Waals surface area contributed by atoms with Gasteiger partial charge in [-0.15, -0.1) is 0 Å². The molecule has 0 spiro atoms.